The molecule has 8 heteroatoms. The van der Waals surface area contributed by atoms with Crippen molar-refractivity contribution in [3.05, 3.63) is 54.6 Å². The number of pyridine rings is 1. The second kappa shape index (κ2) is 9.44. The summed E-state index contributed by atoms with van der Waals surface area (Å²) in [5.74, 6) is -0.676. The number of carboxylic acids is 1. The van der Waals surface area contributed by atoms with Crippen molar-refractivity contribution in [1.29, 1.82) is 0 Å². The Morgan fingerprint density at radius 3 is 2.40 bits per heavy atom. The molecule has 35 heavy (non-hydrogen) atoms. The number of anilines is 1. The van der Waals surface area contributed by atoms with Crippen molar-refractivity contribution in [2.24, 2.45) is 0 Å². The summed E-state index contributed by atoms with van der Waals surface area (Å²) in [5.41, 5.74) is 2.05. The highest BCUT2D eigenvalue weighted by atomic mass is 16.6. The summed E-state index contributed by atoms with van der Waals surface area (Å²) >= 11 is 0. The first-order chi connectivity index (χ1) is 16.5. The minimum atomic E-state index is -1.09. The van der Waals surface area contributed by atoms with E-state index in [4.69, 9.17) is 14.5 Å². The molecule has 2 aromatic carbocycles. The Balaban J connectivity index is 1.64. The van der Waals surface area contributed by atoms with Crippen molar-refractivity contribution >= 4 is 28.5 Å². The molecular weight excluding hydrogens is 446 g/mol. The van der Waals surface area contributed by atoms with E-state index < -0.39 is 29.8 Å². The molecule has 1 aliphatic heterocycles. The van der Waals surface area contributed by atoms with E-state index in [-0.39, 0.29) is 13.0 Å². The summed E-state index contributed by atoms with van der Waals surface area (Å²) in [5, 5.41) is 11.5. The maximum atomic E-state index is 12.7. The van der Waals surface area contributed by atoms with Crippen LogP contribution in [0.4, 0.5) is 10.5 Å². The number of fused-ring (bicyclic) bond motifs is 1. The molecule has 8 nitrogen and oxygen atoms in total. The summed E-state index contributed by atoms with van der Waals surface area (Å²) in [6.07, 6.45) is -1.05. The van der Waals surface area contributed by atoms with Crippen LogP contribution in [0.1, 0.15) is 27.2 Å². The molecule has 1 aliphatic rings. The quantitative estimate of drug-likeness (QED) is 0.564. The second-order valence-corrected chi connectivity index (χ2v) is 9.94. The zero-order valence-electron chi connectivity index (χ0n) is 20.7. The van der Waals surface area contributed by atoms with E-state index in [2.05, 4.69) is 0 Å². The molecule has 1 N–H and O–H groups in total. The van der Waals surface area contributed by atoms with Crippen molar-refractivity contribution < 1.29 is 24.2 Å². The maximum absolute atomic E-state index is 12.7. The van der Waals surface area contributed by atoms with Gasteiger partial charge in [-0.25, -0.2) is 14.6 Å². The Hall–Kier alpha value is -3.81. The molecule has 1 saturated heterocycles. The molecule has 184 valence electrons. The van der Waals surface area contributed by atoms with Gasteiger partial charge >= 0.3 is 12.1 Å². The van der Waals surface area contributed by atoms with Crippen molar-refractivity contribution in [1.82, 2.24) is 9.88 Å². The molecule has 2 heterocycles. The van der Waals surface area contributed by atoms with Gasteiger partial charge in [-0.15, -0.1) is 0 Å². The lowest BCUT2D eigenvalue weighted by Gasteiger charge is -2.26. The zero-order chi connectivity index (χ0) is 25.3. The number of hydrogen-bond donors (Lipinski definition) is 1. The lowest BCUT2D eigenvalue weighted by Crippen LogP contribution is -2.43. The molecule has 1 aromatic heterocycles. The number of likely N-dealkylation sites (tertiary alicyclic amines) is 1. The van der Waals surface area contributed by atoms with Crippen LogP contribution >= 0.6 is 0 Å². The Morgan fingerprint density at radius 1 is 1.09 bits per heavy atom. The molecule has 0 saturated carbocycles. The van der Waals surface area contributed by atoms with Crippen LogP contribution in [-0.2, 0) is 9.53 Å². The third kappa shape index (κ3) is 5.48. The predicted molar refractivity (Wildman–Crippen MR) is 135 cm³/mol. The summed E-state index contributed by atoms with van der Waals surface area (Å²) in [4.78, 5) is 32.6. The summed E-state index contributed by atoms with van der Waals surface area (Å²) in [7, 11) is 3.98. The standard InChI is InChI=1S/C27H31N3O5/c1-27(2,3)35-26(33)30-16-20(15-23(30)25(31)32)34-24-21-9-7-6-8-18(21)14-22(28-24)17-10-12-19(13-11-17)29(4)5/h6-14,20,23H,15-16H2,1-5H3,(H,31,32)/t20-,23+/m1/s1. The van der Waals surface area contributed by atoms with E-state index >= 15 is 0 Å². The Bertz CT molecular complexity index is 1230. The van der Waals surface area contributed by atoms with Gasteiger partial charge in [-0.1, -0.05) is 30.3 Å². The van der Waals surface area contributed by atoms with Gasteiger partial charge in [0.25, 0.3) is 0 Å². The van der Waals surface area contributed by atoms with Gasteiger partial charge in [-0.3, -0.25) is 4.90 Å². The number of carbonyl (C=O) groups is 2. The number of carboxylic acid groups (broad SMARTS) is 1. The van der Waals surface area contributed by atoms with Crippen molar-refractivity contribution in [2.75, 3.05) is 25.5 Å². The molecule has 1 fully saturated rings. The SMILES string of the molecule is CN(C)c1ccc(-c2cc3ccccc3c(O[C@@H]3C[C@@H](C(=O)O)N(C(=O)OC(C)(C)C)C3)n2)cc1. The summed E-state index contributed by atoms with van der Waals surface area (Å²) in [6.45, 7) is 5.34. The van der Waals surface area contributed by atoms with E-state index in [1.807, 2.05) is 73.6 Å². The van der Waals surface area contributed by atoms with Gasteiger partial charge in [0.15, 0.2) is 0 Å². The fourth-order valence-electron chi connectivity index (χ4n) is 4.13. The van der Waals surface area contributed by atoms with Crippen LogP contribution in [0.3, 0.4) is 0 Å². The van der Waals surface area contributed by atoms with Crippen LogP contribution in [-0.4, -0.2) is 65.4 Å². The highest BCUT2D eigenvalue weighted by Crippen LogP contribution is 2.32. The largest absolute Gasteiger partial charge is 0.480 e. The van der Waals surface area contributed by atoms with Crippen LogP contribution in [0.2, 0.25) is 0 Å². The fraction of sp³-hybridized carbons (Fsp3) is 0.370. The minimum absolute atomic E-state index is 0.101. The lowest BCUT2D eigenvalue weighted by atomic mass is 10.1. The molecule has 0 radical (unpaired) electrons. The maximum Gasteiger partial charge on any atom is 0.411 e. The number of ether oxygens (including phenoxy) is 2. The number of aliphatic carboxylic acids is 1. The number of amides is 1. The van der Waals surface area contributed by atoms with Gasteiger partial charge in [-0.05, 0) is 50.4 Å². The summed E-state index contributed by atoms with van der Waals surface area (Å²) < 4.78 is 11.7. The van der Waals surface area contributed by atoms with Gasteiger partial charge in [0.1, 0.15) is 17.7 Å². The third-order valence-corrected chi connectivity index (χ3v) is 5.84. The fourth-order valence-corrected chi connectivity index (χ4v) is 4.13. The average Bonchev–Trinajstić information content (AvgIpc) is 3.22. The second-order valence-electron chi connectivity index (χ2n) is 9.94. The van der Waals surface area contributed by atoms with Gasteiger partial charge in [-0.2, -0.15) is 0 Å². The molecule has 4 rings (SSSR count). The lowest BCUT2D eigenvalue weighted by molar-refractivity contribution is -0.142. The first kappa shape index (κ1) is 24.3. The topological polar surface area (TPSA) is 92.2 Å². The molecular formula is C27H31N3O5. The summed E-state index contributed by atoms with van der Waals surface area (Å²) in [6, 6.07) is 16.8. The number of carbonyl (C=O) groups excluding carboxylic acids is 1. The van der Waals surface area contributed by atoms with E-state index in [1.165, 1.54) is 4.90 Å². The highest BCUT2D eigenvalue weighted by Gasteiger charge is 2.43. The Morgan fingerprint density at radius 2 is 1.77 bits per heavy atom. The Labute approximate surface area is 205 Å². The molecule has 1 amide bonds. The first-order valence-corrected chi connectivity index (χ1v) is 11.6. The van der Waals surface area contributed by atoms with Gasteiger partial charge < -0.3 is 19.5 Å². The zero-order valence-corrected chi connectivity index (χ0v) is 20.7. The predicted octanol–water partition coefficient (Wildman–Crippen LogP) is 4.81. The van der Waals surface area contributed by atoms with E-state index in [0.29, 0.717) is 5.88 Å². The number of benzene rings is 2. The molecule has 2 atom stereocenters. The van der Waals surface area contributed by atoms with Gasteiger partial charge in [0.05, 0.1) is 12.2 Å². The average molecular weight is 478 g/mol. The van der Waals surface area contributed by atoms with Gasteiger partial charge in [0, 0.05) is 37.2 Å². The van der Waals surface area contributed by atoms with Crippen molar-refractivity contribution in [2.45, 2.75) is 44.9 Å². The molecule has 0 spiro atoms. The van der Waals surface area contributed by atoms with Crippen LogP contribution in [0.25, 0.3) is 22.0 Å². The number of aromatic nitrogens is 1. The molecule has 0 unspecified atom stereocenters. The number of nitrogens with zero attached hydrogens (tertiary/aromatic N) is 3. The number of hydrogen-bond acceptors (Lipinski definition) is 6. The Kier molecular flexibility index (Phi) is 6.56. The van der Waals surface area contributed by atoms with Crippen molar-refractivity contribution in [3.8, 4) is 17.1 Å². The van der Waals surface area contributed by atoms with Crippen LogP contribution in [0.5, 0.6) is 5.88 Å². The highest BCUT2D eigenvalue weighted by molar-refractivity contribution is 5.90. The van der Waals surface area contributed by atoms with Crippen LogP contribution in [0, 0.1) is 0 Å². The van der Waals surface area contributed by atoms with E-state index in [9.17, 15) is 14.7 Å². The number of rotatable bonds is 5. The molecule has 3 aromatic rings. The third-order valence-electron chi connectivity index (χ3n) is 5.84. The minimum Gasteiger partial charge on any atom is -0.480 e. The molecule has 0 aliphatic carbocycles. The molecule has 0 bridgehead atoms. The van der Waals surface area contributed by atoms with E-state index in [0.717, 1.165) is 27.7 Å². The van der Waals surface area contributed by atoms with E-state index in [1.54, 1.807) is 20.8 Å². The van der Waals surface area contributed by atoms with Crippen LogP contribution in [0.15, 0.2) is 54.6 Å². The van der Waals surface area contributed by atoms with Gasteiger partial charge in [0.2, 0.25) is 5.88 Å². The van der Waals surface area contributed by atoms with Crippen LogP contribution < -0.4 is 9.64 Å². The van der Waals surface area contributed by atoms with Crippen molar-refractivity contribution in [3.63, 3.8) is 0 Å². The first-order valence-electron chi connectivity index (χ1n) is 11.6. The normalized spacial score (nSPS) is 17.9. The smallest absolute Gasteiger partial charge is 0.411 e. The monoisotopic (exact) mass is 477 g/mol.